The third-order valence-electron chi connectivity index (χ3n) is 2.21. The van der Waals surface area contributed by atoms with Gasteiger partial charge < -0.3 is 4.74 Å². The van der Waals surface area contributed by atoms with E-state index in [4.69, 9.17) is 5.26 Å². The fourth-order valence-electron chi connectivity index (χ4n) is 1.44. The molecule has 0 saturated carbocycles. The highest BCUT2D eigenvalue weighted by Gasteiger charge is 2.25. The summed E-state index contributed by atoms with van der Waals surface area (Å²) in [5.41, 5.74) is -0.661. The van der Waals surface area contributed by atoms with Crippen LogP contribution in [-0.2, 0) is 10.1 Å². The van der Waals surface area contributed by atoms with Gasteiger partial charge in [0, 0.05) is 10.9 Å². The van der Waals surface area contributed by atoms with E-state index in [0.29, 0.717) is 0 Å². The average molecular weight is 304 g/mol. The SMILES string of the molecule is COC(=O)c1c(C#N)ccc(CBr)c1C(F)F. The lowest BCUT2D eigenvalue weighted by Crippen LogP contribution is -2.11. The van der Waals surface area contributed by atoms with Gasteiger partial charge in [-0.3, -0.25) is 0 Å². The maximum atomic E-state index is 13.0. The summed E-state index contributed by atoms with van der Waals surface area (Å²) in [6, 6.07) is 4.43. The molecule has 0 aromatic heterocycles. The van der Waals surface area contributed by atoms with E-state index in [1.807, 2.05) is 0 Å². The summed E-state index contributed by atoms with van der Waals surface area (Å²) in [6.45, 7) is 0. The second kappa shape index (κ2) is 5.73. The van der Waals surface area contributed by atoms with Crippen molar-refractivity contribution < 1.29 is 18.3 Å². The second-order valence-electron chi connectivity index (χ2n) is 3.10. The largest absolute Gasteiger partial charge is 0.465 e. The number of esters is 1. The minimum atomic E-state index is -2.84. The number of rotatable bonds is 3. The van der Waals surface area contributed by atoms with Gasteiger partial charge in [-0.15, -0.1) is 0 Å². The Labute approximate surface area is 105 Å². The highest BCUT2D eigenvalue weighted by molar-refractivity contribution is 9.08. The maximum absolute atomic E-state index is 13.0. The summed E-state index contributed by atoms with van der Waals surface area (Å²) in [7, 11) is 1.08. The lowest BCUT2D eigenvalue weighted by molar-refractivity contribution is 0.0588. The van der Waals surface area contributed by atoms with E-state index in [0.717, 1.165) is 7.11 Å². The lowest BCUT2D eigenvalue weighted by atomic mass is 9.97. The molecule has 0 saturated heterocycles. The van der Waals surface area contributed by atoms with Crippen LogP contribution in [0.1, 0.15) is 33.5 Å². The zero-order valence-corrected chi connectivity index (χ0v) is 10.4. The number of ether oxygens (including phenoxy) is 1. The first-order chi connectivity index (χ1) is 8.06. The van der Waals surface area contributed by atoms with Crippen molar-refractivity contribution in [1.82, 2.24) is 0 Å². The number of halogens is 3. The van der Waals surface area contributed by atoms with Gasteiger partial charge in [-0.2, -0.15) is 5.26 Å². The molecule has 0 spiro atoms. The molecule has 3 nitrogen and oxygen atoms in total. The van der Waals surface area contributed by atoms with Crippen LogP contribution in [0, 0.1) is 11.3 Å². The quantitative estimate of drug-likeness (QED) is 0.636. The van der Waals surface area contributed by atoms with Crippen LogP contribution in [0.4, 0.5) is 8.78 Å². The number of carbonyl (C=O) groups is 1. The Morgan fingerprint density at radius 1 is 1.59 bits per heavy atom. The normalized spacial score (nSPS) is 10.1. The second-order valence-corrected chi connectivity index (χ2v) is 3.66. The number of carbonyl (C=O) groups excluding carboxylic acids is 1. The molecule has 1 rings (SSSR count). The number of hydrogen-bond acceptors (Lipinski definition) is 3. The van der Waals surface area contributed by atoms with Gasteiger partial charge in [-0.1, -0.05) is 22.0 Å². The van der Waals surface area contributed by atoms with E-state index >= 15 is 0 Å². The summed E-state index contributed by atoms with van der Waals surface area (Å²) >= 11 is 3.06. The molecule has 0 aliphatic heterocycles. The molecule has 0 bridgehead atoms. The fraction of sp³-hybridized carbons (Fsp3) is 0.273. The van der Waals surface area contributed by atoms with Gasteiger partial charge in [0.2, 0.25) is 0 Å². The molecule has 0 aliphatic carbocycles. The van der Waals surface area contributed by atoms with Gasteiger partial charge in [0.25, 0.3) is 6.43 Å². The van der Waals surface area contributed by atoms with Gasteiger partial charge in [0.1, 0.15) is 6.07 Å². The topological polar surface area (TPSA) is 50.1 Å². The Hall–Kier alpha value is -1.48. The Morgan fingerprint density at radius 3 is 2.65 bits per heavy atom. The van der Waals surface area contributed by atoms with Crippen molar-refractivity contribution in [2.45, 2.75) is 11.8 Å². The third kappa shape index (κ3) is 2.61. The third-order valence-corrected chi connectivity index (χ3v) is 2.81. The van der Waals surface area contributed by atoms with Gasteiger partial charge in [0.15, 0.2) is 0 Å². The molecule has 0 amide bonds. The number of alkyl halides is 3. The van der Waals surface area contributed by atoms with E-state index in [2.05, 4.69) is 20.7 Å². The van der Waals surface area contributed by atoms with E-state index in [9.17, 15) is 13.6 Å². The number of methoxy groups -OCH3 is 1. The molecule has 0 atom stereocenters. The van der Waals surface area contributed by atoms with Gasteiger partial charge in [-0.05, 0) is 11.6 Å². The molecule has 90 valence electrons. The van der Waals surface area contributed by atoms with E-state index < -0.39 is 18.0 Å². The number of benzene rings is 1. The van der Waals surface area contributed by atoms with Crippen LogP contribution < -0.4 is 0 Å². The van der Waals surface area contributed by atoms with Crippen molar-refractivity contribution in [2.75, 3.05) is 7.11 Å². The predicted octanol–water partition coefficient (Wildman–Crippen LogP) is 3.18. The molecule has 1 aromatic carbocycles. The molecule has 6 heteroatoms. The summed E-state index contributed by atoms with van der Waals surface area (Å²) < 4.78 is 30.3. The van der Waals surface area contributed by atoms with Crippen LogP contribution in [0.25, 0.3) is 0 Å². The monoisotopic (exact) mass is 303 g/mol. The van der Waals surface area contributed by atoms with Crippen molar-refractivity contribution in [2.24, 2.45) is 0 Å². The zero-order chi connectivity index (χ0) is 13.0. The zero-order valence-electron chi connectivity index (χ0n) is 8.84. The van der Waals surface area contributed by atoms with Crippen molar-refractivity contribution in [3.05, 3.63) is 34.4 Å². The minimum absolute atomic E-state index is 0.114. The van der Waals surface area contributed by atoms with Gasteiger partial charge in [0.05, 0.1) is 18.2 Å². The summed E-state index contributed by atoms with van der Waals surface area (Å²) in [4.78, 5) is 11.5. The molecule has 0 N–H and O–H groups in total. The van der Waals surface area contributed by atoms with Crippen LogP contribution >= 0.6 is 15.9 Å². The molecule has 0 radical (unpaired) electrons. The van der Waals surface area contributed by atoms with Crippen LogP contribution in [0.2, 0.25) is 0 Å². The highest BCUT2D eigenvalue weighted by atomic mass is 79.9. The Bertz CT molecular complexity index is 483. The molecule has 0 unspecified atom stereocenters. The van der Waals surface area contributed by atoms with Crippen LogP contribution in [-0.4, -0.2) is 13.1 Å². The number of nitrogens with zero attached hydrogens (tertiary/aromatic N) is 1. The van der Waals surface area contributed by atoms with Crippen molar-refractivity contribution in [3.63, 3.8) is 0 Å². The van der Waals surface area contributed by atoms with E-state index in [1.54, 1.807) is 6.07 Å². The molecule has 0 aliphatic rings. The first kappa shape index (κ1) is 13.6. The average Bonchev–Trinajstić information content (AvgIpc) is 2.35. The van der Waals surface area contributed by atoms with Crippen molar-refractivity contribution >= 4 is 21.9 Å². The summed E-state index contributed by atoms with van der Waals surface area (Å²) in [5, 5.41) is 8.99. The summed E-state index contributed by atoms with van der Waals surface area (Å²) in [6.07, 6.45) is -2.84. The maximum Gasteiger partial charge on any atom is 0.339 e. The Morgan fingerprint density at radius 2 is 2.24 bits per heavy atom. The van der Waals surface area contributed by atoms with Crippen molar-refractivity contribution in [3.8, 4) is 6.07 Å². The molecular weight excluding hydrogens is 296 g/mol. The molecule has 0 heterocycles. The predicted molar refractivity (Wildman–Crippen MR) is 60.1 cm³/mol. The highest BCUT2D eigenvalue weighted by Crippen LogP contribution is 2.31. The van der Waals surface area contributed by atoms with Crippen LogP contribution in [0.15, 0.2) is 12.1 Å². The van der Waals surface area contributed by atoms with Crippen molar-refractivity contribution in [1.29, 1.82) is 5.26 Å². The van der Waals surface area contributed by atoms with Gasteiger partial charge >= 0.3 is 5.97 Å². The first-order valence-electron chi connectivity index (χ1n) is 4.55. The minimum Gasteiger partial charge on any atom is -0.465 e. The molecule has 17 heavy (non-hydrogen) atoms. The van der Waals surface area contributed by atoms with Crippen LogP contribution in [0.5, 0.6) is 0 Å². The Kier molecular flexibility index (Phi) is 4.58. The number of hydrogen-bond donors (Lipinski definition) is 0. The molecule has 1 aromatic rings. The first-order valence-corrected chi connectivity index (χ1v) is 5.67. The smallest absolute Gasteiger partial charge is 0.339 e. The summed E-state index contributed by atoms with van der Waals surface area (Å²) in [5.74, 6) is -0.931. The van der Waals surface area contributed by atoms with Gasteiger partial charge in [-0.25, -0.2) is 13.6 Å². The van der Waals surface area contributed by atoms with E-state index in [-0.39, 0.29) is 22.0 Å². The molecule has 0 fully saturated rings. The van der Waals surface area contributed by atoms with Crippen LogP contribution in [0.3, 0.4) is 0 Å². The number of nitriles is 1. The fourth-order valence-corrected chi connectivity index (χ4v) is 1.93. The van der Waals surface area contributed by atoms with E-state index in [1.165, 1.54) is 12.1 Å². The lowest BCUT2D eigenvalue weighted by Gasteiger charge is -2.12. The molecular formula is C11H8BrF2NO2. The Balaban J connectivity index is 3.59. The standard InChI is InChI=1S/C11H8BrF2NO2/c1-17-11(16)9-7(5-15)3-2-6(4-12)8(9)10(13)14/h2-3,10H,4H2,1H3.